The minimum atomic E-state index is -1.16. The Morgan fingerprint density at radius 2 is 1.72 bits per heavy atom. The molecule has 0 amide bonds. The molecule has 1 aliphatic heterocycles. The Kier molecular flexibility index (Phi) is 5.38. The summed E-state index contributed by atoms with van der Waals surface area (Å²) in [5.41, 5.74) is 0.816. The summed E-state index contributed by atoms with van der Waals surface area (Å²) in [7, 11) is 2.37. The lowest BCUT2D eigenvalue weighted by Gasteiger charge is -2.24. The number of ether oxygens (including phenoxy) is 2. The van der Waals surface area contributed by atoms with Crippen LogP contribution in [-0.2, 0) is 19.1 Å². The second kappa shape index (κ2) is 7.48. The molecule has 0 saturated heterocycles. The van der Waals surface area contributed by atoms with Crippen LogP contribution >= 0.6 is 0 Å². The molecule has 130 valence electrons. The summed E-state index contributed by atoms with van der Waals surface area (Å²) in [6.45, 7) is 1.79. The Morgan fingerprint density at radius 3 is 2.32 bits per heavy atom. The van der Waals surface area contributed by atoms with Crippen molar-refractivity contribution in [1.82, 2.24) is 0 Å². The van der Waals surface area contributed by atoms with Gasteiger partial charge in [-0.2, -0.15) is 0 Å². The number of carbonyl (C=O) groups is 3. The molecule has 7 nitrogen and oxygen atoms in total. The number of rotatable bonds is 4. The summed E-state index contributed by atoms with van der Waals surface area (Å²) in [6, 6.07) is 4.69. The number of esters is 2. The molecule has 1 aromatic carbocycles. The molecule has 7 heteroatoms. The predicted molar refractivity (Wildman–Crippen MR) is 90.0 cm³/mol. The Bertz CT molecular complexity index is 819. The van der Waals surface area contributed by atoms with E-state index < -0.39 is 17.9 Å². The highest BCUT2D eigenvalue weighted by Gasteiger charge is 2.29. The number of aryl methyl sites for hydroxylation is 1. The van der Waals surface area contributed by atoms with Gasteiger partial charge in [-0.15, -0.1) is 0 Å². The minimum absolute atomic E-state index is 0.0252. The number of anilines is 1. The number of benzene rings is 1. The van der Waals surface area contributed by atoms with Crippen LogP contribution in [0, 0.1) is 6.92 Å². The lowest BCUT2D eigenvalue weighted by atomic mass is 10.1. The van der Waals surface area contributed by atoms with Crippen LogP contribution in [0.4, 0.5) is 5.69 Å². The quantitative estimate of drug-likeness (QED) is 0.838. The van der Waals surface area contributed by atoms with Gasteiger partial charge in [0.2, 0.25) is 0 Å². The summed E-state index contributed by atoms with van der Waals surface area (Å²) in [5, 5.41) is 9.47. The number of carboxylic acid groups (broad SMARTS) is 1. The Balaban J connectivity index is 2.78. The van der Waals surface area contributed by atoms with Crippen molar-refractivity contribution >= 4 is 23.6 Å². The van der Waals surface area contributed by atoms with Crippen molar-refractivity contribution in [3.05, 3.63) is 65.0 Å². The lowest BCUT2D eigenvalue weighted by molar-refractivity contribution is -0.139. The van der Waals surface area contributed by atoms with Crippen LogP contribution in [0.1, 0.15) is 15.9 Å². The SMILES string of the molecule is COC(=O)C1=C(C(=O)OC)N(c2cc(C)ccc2C(=O)O)C=CC=C1. The highest BCUT2D eigenvalue weighted by atomic mass is 16.5. The van der Waals surface area contributed by atoms with Crippen LogP contribution in [0.3, 0.4) is 0 Å². The fourth-order valence-electron chi connectivity index (χ4n) is 2.37. The molecule has 0 unspecified atom stereocenters. The zero-order valence-electron chi connectivity index (χ0n) is 14.0. The van der Waals surface area contributed by atoms with Crippen molar-refractivity contribution in [2.45, 2.75) is 6.92 Å². The van der Waals surface area contributed by atoms with E-state index in [9.17, 15) is 19.5 Å². The number of hydrogen-bond acceptors (Lipinski definition) is 6. The largest absolute Gasteiger partial charge is 0.478 e. The van der Waals surface area contributed by atoms with E-state index in [0.717, 1.165) is 5.56 Å². The van der Waals surface area contributed by atoms with Gasteiger partial charge in [0, 0.05) is 6.20 Å². The standard InChI is InChI=1S/C18H17NO6/c1-11-7-8-12(16(20)21)14(10-11)19-9-5-4-6-13(17(22)24-2)15(19)18(23)25-3/h4-10H,1-3H3,(H,20,21). The molecule has 0 radical (unpaired) electrons. The highest BCUT2D eigenvalue weighted by molar-refractivity contribution is 6.07. The Labute approximate surface area is 144 Å². The van der Waals surface area contributed by atoms with Crippen LogP contribution < -0.4 is 4.90 Å². The maximum absolute atomic E-state index is 12.4. The molecule has 0 atom stereocenters. The van der Waals surface area contributed by atoms with Gasteiger partial charge in [-0.05, 0) is 36.8 Å². The zero-order valence-corrected chi connectivity index (χ0v) is 14.0. The fraction of sp³-hybridized carbons (Fsp3) is 0.167. The van der Waals surface area contributed by atoms with Gasteiger partial charge < -0.3 is 19.5 Å². The Morgan fingerprint density at radius 1 is 1.04 bits per heavy atom. The van der Waals surface area contributed by atoms with E-state index in [1.54, 1.807) is 31.2 Å². The van der Waals surface area contributed by atoms with Crippen LogP contribution in [0.25, 0.3) is 0 Å². The molecule has 0 aromatic heterocycles. The molecule has 0 fully saturated rings. The van der Waals surface area contributed by atoms with Gasteiger partial charge in [-0.3, -0.25) is 0 Å². The second-order valence-electron chi connectivity index (χ2n) is 5.14. The first kappa shape index (κ1) is 18.0. The third-order valence-electron chi connectivity index (χ3n) is 3.53. The summed E-state index contributed by atoms with van der Waals surface area (Å²) in [5.74, 6) is -2.70. The summed E-state index contributed by atoms with van der Waals surface area (Å²) in [4.78, 5) is 37.4. The molecule has 1 aromatic rings. The van der Waals surface area contributed by atoms with E-state index in [1.165, 1.54) is 37.5 Å². The predicted octanol–water partition coefficient (Wildman–Crippen LogP) is 2.18. The van der Waals surface area contributed by atoms with Gasteiger partial charge in [0.15, 0.2) is 0 Å². The minimum Gasteiger partial charge on any atom is -0.478 e. The fourth-order valence-corrected chi connectivity index (χ4v) is 2.37. The maximum Gasteiger partial charge on any atom is 0.355 e. The average molecular weight is 343 g/mol. The lowest BCUT2D eigenvalue weighted by Crippen LogP contribution is -2.28. The van der Waals surface area contributed by atoms with Crippen molar-refractivity contribution in [1.29, 1.82) is 0 Å². The van der Waals surface area contributed by atoms with Crippen molar-refractivity contribution < 1.29 is 29.0 Å². The van der Waals surface area contributed by atoms with Gasteiger partial charge >= 0.3 is 17.9 Å². The third kappa shape index (κ3) is 3.60. The monoisotopic (exact) mass is 343 g/mol. The molecule has 0 saturated carbocycles. The molecule has 1 aliphatic rings. The van der Waals surface area contributed by atoms with Crippen molar-refractivity contribution in [2.75, 3.05) is 19.1 Å². The number of carboxylic acids is 1. The van der Waals surface area contributed by atoms with E-state index in [1.807, 2.05) is 0 Å². The van der Waals surface area contributed by atoms with Gasteiger partial charge in [0.25, 0.3) is 0 Å². The van der Waals surface area contributed by atoms with E-state index in [0.29, 0.717) is 0 Å². The summed E-state index contributed by atoms with van der Waals surface area (Å²) >= 11 is 0. The number of aromatic carboxylic acids is 1. The first-order valence-corrected chi connectivity index (χ1v) is 7.29. The summed E-state index contributed by atoms with van der Waals surface area (Å²) in [6.07, 6.45) is 6.02. The number of carbonyl (C=O) groups excluding carboxylic acids is 2. The molecule has 0 bridgehead atoms. The van der Waals surface area contributed by atoms with E-state index in [4.69, 9.17) is 9.47 Å². The van der Waals surface area contributed by atoms with Crippen molar-refractivity contribution in [3.63, 3.8) is 0 Å². The molecule has 2 rings (SSSR count). The van der Waals surface area contributed by atoms with Crippen molar-refractivity contribution in [3.8, 4) is 0 Å². The number of allylic oxidation sites excluding steroid dienone is 2. The normalized spacial score (nSPS) is 13.5. The van der Waals surface area contributed by atoms with Crippen LogP contribution in [0.5, 0.6) is 0 Å². The molecule has 0 spiro atoms. The van der Waals surface area contributed by atoms with E-state index >= 15 is 0 Å². The second-order valence-corrected chi connectivity index (χ2v) is 5.14. The molecular weight excluding hydrogens is 326 g/mol. The van der Waals surface area contributed by atoms with Crippen LogP contribution in [-0.4, -0.2) is 37.2 Å². The zero-order chi connectivity index (χ0) is 18.6. The molecule has 0 aliphatic carbocycles. The highest BCUT2D eigenvalue weighted by Crippen LogP contribution is 2.30. The number of methoxy groups -OCH3 is 2. The molecule has 1 heterocycles. The van der Waals surface area contributed by atoms with Crippen LogP contribution in [0.2, 0.25) is 0 Å². The first-order chi connectivity index (χ1) is 11.9. The van der Waals surface area contributed by atoms with Gasteiger partial charge in [-0.1, -0.05) is 12.1 Å². The summed E-state index contributed by atoms with van der Waals surface area (Å²) < 4.78 is 9.52. The number of hydrogen-bond donors (Lipinski definition) is 1. The Hall–Kier alpha value is -3.35. The van der Waals surface area contributed by atoms with Crippen LogP contribution in [0.15, 0.2) is 53.9 Å². The van der Waals surface area contributed by atoms with Gasteiger partial charge in [0.1, 0.15) is 5.70 Å². The first-order valence-electron chi connectivity index (χ1n) is 7.29. The van der Waals surface area contributed by atoms with Gasteiger partial charge in [-0.25, -0.2) is 14.4 Å². The smallest absolute Gasteiger partial charge is 0.355 e. The third-order valence-corrected chi connectivity index (χ3v) is 3.53. The van der Waals surface area contributed by atoms with Crippen molar-refractivity contribution in [2.24, 2.45) is 0 Å². The average Bonchev–Trinajstić information content (AvgIpc) is 2.82. The van der Waals surface area contributed by atoms with E-state index in [2.05, 4.69) is 0 Å². The molecule has 1 N–H and O–H groups in total. The van der Waals surface area contributed by atoms with E-state index in [-0.39, 0.29) is 22.5 Å². The maximum atomic E-state index is 12.4. The number of nitrogens with zero attached hydrogens (tertiary/aromatic N) is 1. The topological polar surface area (TPSA) is 93.1 Å². The molecule has 25 heavy (non-hydrogen) atoms. The molecular formula is C18H17NO6. The van der Waals surface area contributed by atoms with Gasteiger partial charge in [0.05, 0.1) is 31.0 Å².